The fourth-order valence-electron chi connectivity index (χ4n) is 4.27. The van der Waals surface area contributed by atoms with Gasteiger partial charge >= 0.3 is 0 Å². The number of nitrogens with one attached hydrogen (secondary N) is 1. The van der Waals surface area contributed by atoms with Crippen LogP contribution in [-0.2, 0) is 0 Å². The molecular weight excluding hydrogens is 256 g/mol. The Morgan fingerprint density at radius 2 is 1.52 bits per heavy atom. The molecule has 21 heavy (non-hydrogen) atoms. The van der Waals surface area contributed by atoms with Gasteiger partial charge in [-0.25, -0.2) is 0 Å². The molecule has 0 atom stereocenters. The van der Waals surface area contributed by atoms with Crippen molar-refractivity contribution in [1.29, 1.82) is 0 Å². The number of hydrogen-bond donors (Lipinski definition) is 1. The summed E-state index contributed by atoms with van der Waals surface area (Å²) in [6.45, 7) is 7.54. The maximum absolute atomic E-state index is 3.88. The zero-order chi connectivity index (χ0) is 14.8. The second kappa shape index (κ2) is 9.84. The predicted molar refractivity (Wildman–Crippen MR) is 92.9 cm³/mol. The van der Waals surface area contributed by atoms with Crippen LogP contribution < -0.4 is 5.32 Å². The molecule has 1 saturated heterocycles. The van der Waals surface area contributed by atoms with Gasteiger partial charge in [-0.2, -0.15) is 0 Å². The lowest BCUT2D eigenvalue weighted by atomic mass is 9.97. The Balaban J connectivity index is 1.55. The predicted octanol–water partition coefficient (Wildman–Crippen LogP) is 4.74. The van der Waals surface area contributed by atoms with Crippen LogP contribution in [-0.4, -0.2) is 36.6 Å². The topological polar surface area (TPSA) is 15.3 Å². The number of rotatable bonds is 9. The summed E-state index contributed by atoms with van der Waals surface area (Å²) in [7, 11) is 0. The first-order valence-electron chi connectivity index (χ1n) is 9.82. The van der Waals surface area contributed by atoms with E-state index in [1.54, 1.807) is 0 Å². The summed E-state index contributed by atoms with van der Waals surface area (Å²) in [4.78, 5) is 2.77. The molecule has 0 radical (unpaired) electrons. The minimum Gasteiger partial charge on any atom is -0.310 e. The van der Waals surface area contributed by atoms with Gasteiger partial charge in [0.2, 0.25) is 0 Å². The lowest BCUT2D eigenvalue weighted by molar-refractivity contribution is 0.206. The summed E-state index contributed by atoms with van der Waals surface area (Å²) < 4.78 is 0. The largest absolute Gasteiger partial charge is 0.310 e. The number of nitrogens with zero attached hydrogens (tertiary/aromatic N) is 1. The summed E-state index contributed by atoms with van der Waals surface area (Å²) in [5, 5.41) is 3.88. The second-order valence-corrected chi connectivity index (χ2v) is 7.52. The number of hydrogen-bond acceptors (Lipinski definition) is 2. The Hall–Kier alpha value is -0.0800. The smallest absolute Gasteiger partial charge is 0.0308 e. The molecule has 1 N–H and O–H groups in total. The van der Waals surface area contributed by atoms with Crippen LogP contribution in [0.2, 0.25) is 0 Å². The van der Waals surface area contributed by atoms with Crippen molar-refractivity contribution in [3.63, 3.8) is 0 Å². The lowest BCUT2D eigenvalue weighted by Crippen LogP contribution is -2.49. The van der Waals surface area contributed by atoms with Crippen LogP contribution in [0.5, 0.6) is 0 Å². The standard InChI is InChI=1S/C19H38N2/c1-2-3-4-5-6-7-8-11-16-21-17-12-15-20-19(18-21)13-9-10-14-19/h20H,2-18H2,1H3. The van der Waals surface area contributed by atoms with Crippen LogP contribution in [0, 0.1) is 0 Å². The van der Waals surface area contributed by atoms with Gasteiger partial charge < -0.3 is 10.2 Å². The summed E-state index contributed by atoms with van der Waals surface area (Å²) in [5.74, 6) is 0. The quantitative estimate of drug-likeness (QED) is 0.618. The Labute approximate surface area is 133 Å². The molecule has 0 unspecified atom stereocenters. The fourth-order valence-corrected chi connectivity index (χ4v) is 4.27. The first-order valence-corrected chi connectivity index (χ1v) is 9.82. The molecule has 2 heteroatoms. The third kappa shape index (κ3) is 6.28. The van der Waals surface area contributed by atoms with E-state index in [9.17, 15) is 0 Å². The second-order valence-electron chi connectivity index (χ2n) is 7.52. The molecule has 0 aromatic rings. The molecule has 1 aliphatic carbocycles. The highest BCUT2D eigenvalue weighted by Gasteiger charge is 2.35. The van der Waals surface area contributed by atoms with Crippen molar-refractivity contribution in [1.82, 2.24) is 10.2 Å². The van der Waals surface area contributed by atoms with Gasteiger partial charge in [0.05, 0.1) is 0 Å². The molecule has 2 rings (SSSR count). The first-order chi connectivity index (χ1) is 10.3. The highest BCUT2D eigenvalue weighted by atomic mass is 15.2. The van der Waals surface area contributed by atoms with Crippen LogP contribution in [0.4, 0.5) is 0 Å². The van der Waals surface area contributed by atoms with E-state index in [2.05, 4.69) is 17.1 Å². The van der Waals surface area contributed by atoms with E-state index < -0.39 is 0 Å². The van der Waals surface area contributed by atoms with Crippen LogP contribution in [0.25, 0.3) is 0 Å². The van der Waals surface area contributed by atoms with Crippen LogP contribution in [0.1, 0.15) is 90.4 Å². The molecule has 124 valence electrons. The highest BCUT2D eigenvalue weighted by Crippen LogP contribution is 2.31. The summed E-state index contributed by atoms with van der Waals surface area (Å²) in [6.07, 6.45) is 18.6. The normalized spacial score (nSPS) is 22.7. The molecule has 1 aliphatic heterocycles. The van der Waals surface area contributed by atoms with Gasteiger partial charge in [0.15, 0.2) is 0 Å². The third-order valence-electron chi connectivity index (χ3n) is 5.57. The molecule has 1 heterocycles. The van der Waals surface area contributed by atoms with Gasteiger partial charge in [0, 0.05) is 12.1 Å². The molecule has 2 aliphatic rings. The highest BCUT2D eigenvalue weighted by molar-refractivity contribution is 4.96. The Bertz CT molecular complexity index is 258. The van der Waals surface area contributed by atoms with E-state index in [1.807, 2.05) is 0 Å². The van der Waals surface area contributed by atoms with Crippen LogP contribution in [0.3, 0.4) is 0 Å². The van der Waals surface area contributed by atoms with Crippen molar-refractivity contribution in [2.45, 2.75) is 95.9 Å². The molecule has 0 amide bonds. The maximum atomic E-state index is 3.88. The minimum absolute atomic E-state index is 0.497. The Morgan fingerprint density at radius 3 is 2.24 bits per heavy atom. The average molecular weight is 295 g/mol. The molecular formula is C19H38N2. The van der Waals surface area contributed by atoms with E-state index in [-0.39, 0.29) is 0 Å². The van der Waals surface area contributed by atoms with Crippen molar-refractivity contribution >= 4 is 0 Å². The zero-order valence-corrected chi connectivity index (χ0v) is 14.5. The van der Waals surface area contributed by atoms with Crippen molar-refractivity contribution in [2.24, 2.45) is 0 Å². The Morgan fingerprint density at radius 1 is 0.857 bits per heavy atom. The van der Waals surface area contributed by atoms with Gasteiger partial charge in [-0.3, -0.25) is 0 Å². The van der Waals surface area contributed by atoms with Crippen molar-refractivity contribution in [3.05, 3.63) is 0 Å². The van der Waals surface area contributed by atoms with Gasteiger partial charge in [-0.1, -0.05) is 64.7 Å². The van der Waals surface area contributed by atoms with Crippen molar-refractivity contribution < 1.29 is 0 Å². The van der Waals surface area contributed by atoms with Gasteiger partial charge in [0.1, 0.15) is 0 Å². The average Bonchev–Trinajstić information content (AvgIpc) is 2.84. The summed E-state index contributed by atoms with van der Waals surface area (Å²) in [5.41, 5.74) is 0.497. The number of unbranched alkanes of at least 4 members (excludes halogenated alkanes) is 7. The van der Waals surface area contributed by atoms with Crippen molar-refractivity contribution in [3.8, 4) is 0 Å². The van der Waals surface area contributed by atoms with Crippen LogP contribution in [0.15, 0.2) is 0 Å². The van der Waals surface area contributed by atoms with Gasteiger partial charge in [-0.15, -0.1) is 0 Å². The SMILES string of the molecule is CCCCCCCCCCN1CCCNC2(CCCC2)C1. The van der Waals surface area contributed by atoms with E-state index in [1.165, 1.54) is 110 Å². The molecule has 1 spiro atoms. The van der Waals surface area contributed by atoms with Crippen molar-refractivity contribution in [2.75, 3.05) is 26.2 Å². The molecule has 0 bridgehead atoms. The molecule has 2 nitrogen and oxygen atoms in total. The lowest BCUT2D eigenvalue weighted by Gasteiger charge is -2.33. The van der Waals surface area contributed by atoms with E-state index in [0.29, 0.717) is 5.54 Å². The third-order valence-corrected chi connectivity index (χ3v) is 5.57. The Kier molecular flexibility index (Phi) is 8.10. The maximum Gasteiger partial charge on any atom is 0.0308 e. The zero-order valence-electron chi connectivity index (χ0n) is 14.5. The fraction of sp³-hybridized carbons (Fsp3) is 1.00. The van der Waals surface area contributed by atoms with Gasteiger partial charge in [0.25, 0.3) is 0 Å². The van der Waals surface area contributed by atoms with E-state index >= 15 is 0 Å². The molecule has 0 aromatic carbocycles. The van der Waals surface area contributed by atoms with E-state index in [4.69, 9.17) is 0 Å². The van der Waals surface area contributed by atoms with E-state index in [0.717, 1.165) is 0 Å². The van der Waals surface area contributed by atoms with Gasteiger partial charge in [-0.05, 0) is 45.3 Å². The first kappa shape index (κ1) is 17.3. The van der Waals surface area contributed by atoms with Crippen LogP contribution >= 0.6 is 0 Å². The molecule has 2 fully saturated rings. The monoisotopic (exact) mass is 294 g/mol. The summed E-state index contributed by atoms with van der Waals surface area (Å²) in [6, 6.07) is 0. The minimum atomic E-state index is 0.497. The molecule has 1 saturated carbocycles. The molecule has 0 aromatic heterocycles. The summed E-state index contributed by atoms with van der Waals surface area (Å²) >= 11 is 0.